The van der Waals surface area contributed by atoms with Crippen molar-refractivity contribution < 1.29 is 14.1 Å². The SMILES string of the molecule is CC(=O)N1CCN(CCCCOc2ccc(-c3noc(=O)[nH]3)nc2)CC1. The smallest absolute Gasteiger partial charge is 0.439 e. The second-order valence-corrected chi connectivity index (χ2v) is 6.23. The van der Waals surface area contributed by atoms with Crippen molar-refractivity contribution in [3.8, 4) is 17.3 Å². The lowest BCUT2D eigenvalue weighted by atomic mass is 10.2. The third kappa shape index (κ3) is 4.92. The summed E-state index contributed by atoms with van der Waals surface area (Å²) < 4.78 is 10.1. The predicted octanol–water partition coefficient (Wildman–Crippen LogP) is 0.748. The Morgan fingerprint density at radius 1 is 1.27 bits per heavy atom. The van der Waals surface area contributed by atoms with Crippen molar-refractivity contribution >= 4 is 5.91 Å². The Hall–Kier alpha value is -2.68. The molecule has 1 fully saturated rings. The van der Waals surface area contributed by atoms with E-state index in [2.05, 4.69) is 24.5 Å². The molecule has 26 heavy (non-hydrogen) atoms. The van der Waals surface area contributed by atoms with Gasteiger partial charge in [-0.2, -0.15) is 0 Å². The molecule has 0 bridgehead atoms. The van der Waals surface area contributed by atoms with Crippen LogP contribution in [0.5, 0.6) is 5.75 Å². The number of aromatic nitrogens is 3. The number of hydrogen-bond acceptors (Lipinski definition) is 7. The molecular weight excluding hydrogens is 338 g/mol. The molecule has 2 aromatic heterocycles. The van der Waals surface area contributed by atoms with Gasteiger partial charge in [0.25, 0.3) is 0 Å². The summed E-state index contributed by atoms with van der Waals surface area (Å²) in [6.45, 7) is 6.79. The fourth-order valence-electron chi connectivity index (χ4n) is 2.86. The van der Waals surface area contributed by atoms with Gasteiger partial charge in [0.2, 0.25) is 11.7 Å². The van der Waals surface area contributed by atoms with Crippen molar-refractivity contribution in [3.63, 3.8) is 0 Å². The Bertz CT molecular complexity index is 762. The third-order valence-corrected chi connectivity index (χ3v) is 4.37. The molecular formula is C17H23N5O4. The molecule has 0 atom stereocenters. The second-order valence-electron chi connectivity index (χ2n) is 6.23. The molecule has 1 N–H and O–H groups in total. The number of ether oxygens (including phenoxy) is 1. The van der Waals surface area contributed by atoms with E-state index in [-0.39, 0.29) is 5.91 Å². The Labute approximate surface area is 150 Å². The van der Waals surface area contributed by atoms with Gasteiger partial charge in [-0.25, -0.2) is 9.78 Å². The summed E-state index contributed by atoms with van der Waals surface area (Å²) >= 11 is 0. The average molecular weight is 361 g/mol. The van der Waals surface area contributed by atoms with Crippen LogP contribution in [0.3, 0.4) is 0 Å². The van der Waals surface area contributed by atoms with Gasteiger partial charge in [-0.05, 0) is 31.5 Å². The Balaban J connectivity index is 1.33. The first-order chi connectivity index (χ1) is 12.6. The van der Waals surface area contributed by atoms with Crippen LogP contribution >= 0.6 is 0 Å². The third-order valence-electron chi connectivity index (χ3n) is 4.37. The molecule has 1 saturated heterocycles. The highest BCUT2D eigenvalue weighted by Gasteiger charge is 2.17. The van der Waals surface area contributed by atoms with Crippen molar-refractivity contribution in [1.82, 2.24) is 24.9 Å². The quantitative estimate of drug-likeness (QED) is 0.726. The molecule has 140 valence electrons. The van der Waals surface area contributed by atoms with E-state index in [9.17, 15) is 9.59 Å². The summed E-state index contributed by atoms with van der Waals surface area (Å²) in [7, 11) is 0. The molecule has 1 amide bonds. The topological polar surface area (TPSA) is 105 Å². The number of carbonyl (C=O) groups is 1. The number of hydrogen-bond donors (Lipinski definition) is 1. The highest BCUT2D eigenvalue weighted by atomic mass is 16.5. The standard InChI is InChI=1S/C17H23N5O4/c1-13(23)22-9-7-21(8-10-22)6-2-3-11-25-14-4-5-15(18-12-14)16-19-17(24)26-20-16/h4-5,12H,2-3,6-11H2,1H3,(H,19,20,24). The number of rotatable bonds is 7. The van der Waals surface area contributed by atoms with Gasteiger partial charge in [0.05, 0.1) is 12.8 Å². The van der Waals surface area contributed by atoms with E-state index in [0.717, 1.165) is 45.6 Å². The van der Waals surface area contributed by atoms with Crippen molar-refractivity contribution in [2.45, 2.75) is 19.8 Å². The Morgan fingerprint density at radius 2 is 2.08 bits per heavy atom. The fourth-order valence-corrected chi connectivity index (χ4v) is 2.86. The molecule has 1 aliphatic heterocycles. The summed E-state index contributed by atoms with van der Waals surface area (Å²) in [6, 6.07) is 3.51. The minimum absolute atomic E-state index is 0.160. The second kappa shape index (κ2) is 8.61. The number of nitrogens with one attached hydrogen (secondary N) is 1. The molecule has 2 aromatic rings. The molecule has 9 nitrogen and oxygen atoms in total. The Morgan fingerprint density at radius 3 is 2.69 bits per heavy atom. The largest absolute Gasteiger partial charge is 0.492 e. The molecule has 0 spiro atoms. The van der Waals surface area contributed by atoms with Gasteiger partial charge in [-0.1, -0.05) is 5.16 Å². The normalized spacial score (nSPS) is 15.2. The average Bonchev–Trinajstić information content (AvgIpc) is 3.09. The lowest BCUT2D eigenvalue weighted by Crippen LogP contribution is -2.48. The molecule has 1 aliphatic rings. The number of aromatic amines is 1. The van der Waals surface area contributed by atoms with Crippen molar-refractivity contribution in [2.24, 2.45) is 0 Å². The van der Waals surface area contributed by atoms with Crippen molar-refractivity contribution in [2.75, 3.05) is 39.3 Å². The fraction of sp³-hybridized carbons (Fsp3) is 0.529. The maximum atomic E-state index is 11.3. The van der Waals surface area contributed by atoms with Gasteiger partial charge >= 0.3 is 5.76 Å². The highest BCUT2D eigenvalue weighted by Crippen LogP contribution is 2.15. The summed E-state index contributed by atoms with van der Waals surface area (Å²) in [6.07, 6.45) is 3.60. The molecule has 9 heteroatoms. The van der Waals surface area contributed by atoms with E-state index in [1.165, 1.54) is 0 Å². The van der Waals surface area contributed by atoms with Crippen LogP contribution in [0.4, 0.5) is 0 Å². The minimum atomic E-state index is -0.607. The first-order valence-electron chi connectivity index (χ1n) is 8.75. The van der Waals surface area contributed by atoms with Crippen LogP contribution in [0.15, 0.2) is 27.6 Å². The van der Waals surface area contributed by atoms with Gasteiger partial charge in [0, 0.05) is 33.1 Å². The lowest BCUT2D eigenvalue weighted by Gasteiger charge is -2.34. The summed E-state index contributed by atoms with van der Waals surface area (Å²) in [4.78, 5) is 33.2. The van der Waals surface area contributed by atoms with E-state index in [1.807, 2.05) is 4.90 Å². The molecule has 3 rings (SSSR count). The number of H-pyrrole nitrogens is 1. The number of piperazine rings is 1. The Kier molecular flexibility index (Phi) is 6.00. The zero-order valence-electron chi connectivity index (χ0n) is 14.8. The number of unbranched alkanes of at least 4 members (excludes halogenated alkanes) is 1. The van der Waals surface area contributed by atoms with Crippen LogP contribution in [0, 0.1) is 0 Å². The minimum Gasteiger partial charge on any atom is -0.492 e. The van der Waals surface area contributed by atoms with Gasteiger partial charge in [-0.3, -0.25) is 19.2 Å². The van der Waals surface area contributed by atoms with Crippen LogP contribution in [-0.2, 0) is 4.79 Å². The van der Waals surface area contributed by atoms with Crippen LogP contribution in [0.2, 0.25) is 0 Å². The zero-order valence-corrected chi connectivity index (χ0v) is 14.8. The number of carbonyl (C=O) groups excluding carboxylic acids is 1. The van der Waals surface area contributed by atoms with Crippen molar-refractivity contribution in [3.05, 3.63) is 28.9 Å². The maximum Gasteiger partial charge on any atom is 0.439 e. The van der Waals surface area contributed by atoms with E-state index < -0.39 is 5.76 Å². The van der Waals surface area contributed by atoms with Gasteiger partial charge in [0.1, 0.15) is 11.4 Å². The van der Waals surface area contributed by atoms with Crippen molar-refractivity contribution in [1.29, 1.82) is 0 Å². The van der Waals surface area contributed by atoms with E-state index in [1.54, 1.807) is 25.3 Å². The van der Waals surface area contributed by atoms with E-state index in [4.69, 9.17) is 4.74 Å². The molecule has 3 heterocycles. The van der Waals surface area contributed by atoms with E-state index in [0.29, 0.717) is 23.9 Å². The first kappa shape index (κ1) is 18.1. The van der Waals surface area contributed by atoms with E-state index >= 15 is 0 Å². The molecule has 0 saturated carbocycles. The lowest BCUT2D eigenvalue weighted by molar-refractivity contribution is -0.130. The molecule has 0 radical (unpaired) electrons. The monoisotopic (exact) mass is 361 g/mol. The molecule has 0 unspecified atom stereocenters. The van der Waals surface area contributed by atoms with Gasteiger partial charge in [0.15, 0.2) is 0 Å². The molecule has 0 aromatic carbocycles. The number of amides is 1. The molecule has 0 aliphatic carbocycles. The summed E-state index contributed by atoms with van der Waals surface area (Å²) in [5.74, 6) is 0.526. The van der Waals surface area contributed by atoms with Crippen LogP contribution in [0.25, 0.3) is 11.5 Å². The first-order valence-corrected chi connectivity index (χ1v) is 8.75. The summed E-state index contributed by atoms with van der Waals surface area (Å²) in [5.41, 5.74) is 0.521. The van der Waals surface area contributed by atoms with Crippen LogP contribution in [0.1, 0.15) is 19.8 Å². The highest BCUT2D eigenvalue weighted by molar-refractivity contribution is 5.73. The maximum absolute atomic E-state index is 11.3. The van der Waals surface area contributed by atoms with Crippen LogP contribution < -0.4 is 10.5 Å². The van der Waals surface area contributed by atoms with Gasteiger partial charge in [-0.15, -0.1) is 0 Å². The zero-order chi connectivity index (χ0) is 18.4. The van der Waals surface area contributed by atoms with Crippen LogP contribution in [-0.4, -0.2) is 70.2 Å². The predicted molar refractivity (Wildman–Crippen MR) is 93.8 cm³/mol. The number of nitrogens with zero attached hydrogens (tertiary/aromatic N) is 4. The van der Waals surface area contributed by atoms with Gasteiger partial charge < -0.3 is 9.64 Å². The number of pyridine rings is 1. The summed E-state index contributed by atoms with van der Waals surface area (Å²) in [5, 5.41) is 3.59.